The highest BCUT2D eigenvalue weighted by molar-refractivity contribution is 5.82. The van der Waals surface area contributed by atoms with Gasteiger partial charge in [-0.1, -0.05) is 26.0 Å². The van der Waals surface area contributed by atoms with Crippen LogP contribution in [0.1, 0.15) is 55.5 Å². The van der Waals surface area contributed by atoms with Crippen molar-refractivity contribution in [2.24, 2.45) is 5.92 Å². The average Bonchev–Trinajstić information content (AvgIpc) is 2.70. The number of ether oxygens (including phenoxy) is 1. The van der Waals surface area contributed by atoms with Crippen molar-refractivity contribution in [1.82, 2.24) is 0 Å². The lowest BCUT2D eigenvalue weighted by Crippen LogP contribution is -2.31. The van der Waals surface area contributed by atoms with Gasteiger partial charge >= 0.3 is 0 Å². The van der Waals surface area contributed by atoms with Crippen molar-refractivity contribution in [2.75, 3.05) is 0 Å². The molecule has 0 amide bonds. The summed E-state index contributed by atoms with van der Waals surface area (Å²) < 4.78 is 5.98. The Morgan fingerprint density at radius 1 is 0.792 bits per heavy atom. The van der Waals surface area contributed by atoms with E-state index < -0.39 is 5.60 Å². The minimum absolute atomic E-state index is 0.0780. The van der Waals surface area contributed by atoms with E-state index in [1.807, 2.05) is 13.8 Å². The van der Waals surface area contributed by atoms with Gasteiger partial charge in [0.2, 0.25) is 0 Å². The SMILES string of the molecule is Cc1cc2c(cc1C)C(O)(C(C)C)c1cc(OC(C)C)c(C)cc1-2. The summed E-state index contributed by atoms with van der Waals surface area (Å²) in [6.07, 6.45) is 0.113. The molecule has 2 heteroatoms. The van der Waals surface area contributed by atoms with E-state index in [2.05, 4.69) is 58.9 Å². The van der Waals surface area contributed by atoms with Crippen LogP contribution in [0.4, 0.5) is 0 Å². The van der Waals surface area contributed by atoms with Gasteiger partial charge < -0.3 is 9.84 Å². The normalized spacial score (nSPS) is 18.9. The number of benzene rings is 2. The number of rotatable bonds is 3. The summed E-state index contributed by atoms with van der Waals surface area (Å²) in [6.45, 7) is 14.5. The van der Waals surface area contributed by atoms with E-state index >= 15 is 0 Å². The molecule has 1 atom stereocenters. The van der Waals surface area contributed by atoms with Crippen LogP contribution in [0.15, 0.2) is 24.3 Å². The Bertz CT molecular complexity index is 802. The molecule has 1 N–H and O–H groups in total. The van der Waals surface area contributed by atoms with Crippen LogP contribution < -0.4 is 4.74 Å². The van der Waals surface area contributed by atoms with Crippen molar-refractivity contribution >= 4 is 0 Å². The Morgan fingerprint density at radius 2 is 1.29 bits per heavy atom. The standard InChI is InChI=1S/C22H28O2/c1-12(2)22(23)19-10-15(6)14(5)8-17(19)18-9-16(7)21(11-20(18)22)24-13(3)4/h8-13,23H,1-7H3. The maximum absolute atomic E-state index is 11.7. The van der Waals surface area contributed by atoms with Crippen LogP contribution in [-0.2, 0) is 5.60 Å². The molecule has 2 aromatic rings. The first-order valence-electron chi connectivity index (χ1n) is 8.82. The highest BCUT2D eigenvalue weighted by Gasteiger charge is 2.44. The van der Waals surface area contributed by atoms with E-state index in [1.54, 1.807) is 0 Å². The third-order valence-electron chi connectivity index (χ3n) is 5.26. The highest BCUT2D eigenvalue weighted by Crippen LogP contribution is 2.53. The fourth-order valence-corrected chi connectivity index (χ4v) is 3.73. The van der Waals surface area contributed by atoms with Gasteiger partial charge in [0.1, 0.15) is 11.4 Å². The van der Waals surface area contributed by atoms with Gasteiger partial charge in [0.05, 0.1) is 6.10 Å². The molecular weight excluding hydrogens is 296 g/mol. The summed E-state index contributed by atoms with van der Waals surface area (Å²) in [5.41, 5.74) is 6.91. The monoisotopic (exact) mass is 324 g/mol. The molecule has 3 rings (SSSR count). The summed E-state index contributed by atoms with van der Waals surface area (Å²) in [7, 11) is 0. The molecule has 1 aliphatic carbocycles. The molecule has 0 aromatic heterocycles. The van der Waals surface area contributed by atoms with Gasteiger partial charge in [0.15, 0.2) is 0 Å². The molecule has 0 radical (unpaired) electrons. The number of hydrogen-bond acceptors (Lipinski definition) is 2. The minimum Gasteiger partial charge on any atom is -0.491 e. The third kappa shape index (κ3) is 2.36. The molecule has 128 valence electrons. The van der Waals surface area contributed by atoms with Crippen LogP contribution >= 0.6 is 0 Å². The van der Waals surface area contributed by atoms with E-state index in [0.717, 1.165) is 33.6 Å². The lowest BCUT2D eigenvalue weighted by atomic mass is 9.80. The molecule has 0 aliphatic heterocycles. The van der Waals surface area contributed by atoms with E-state index in [4.69, 9.17) is 4.74 Å². The molecular formula is C22H28O2. The van der Waals surface area contributed by atoms with Crippen molar-refractivity contribution in [1.29, 1.82) is 0 Å². The Morgan fingerprint density at radius 3 is 1.83 bits per heavy atom. The van der Waals surface area contributed by atoms with E-state index in [-0.39, 0.29) is 12.0 Å². The first kappa shape index (κ1) is 17.0. The van der Waals surface area contributed by atoms with E-state index in [9.17, 15) is 5.11 Å². The van der Waals surface area contributed by atoms with Gasteiger partial charge in [-0.25, -0.2) is 0 Å². The Labute approximate surface area is 145 Å². The van der Waals surface area contributed by atoms with Crippen LogP contribution in [0, 0.1) is 26.7 Å². The van der Waals surface area contributed by atoms with E-state index in [0.29, 0.717) is 0 Å². The molecule has 2 nitrogen and oxygen atoms in total. The first-order valence-corrected chi connectivity index (χ1v) is 8.82. The molecule has 0 saturated heterocycles. The van der Waals surface area contributed by atoms with Crippen molar-refractivity contribution in [3.8, 4) is 16.9 Å². The first-order chi connectivity index (χ1) is 11.2. The van der Waals surface area contributed by atoms with Gasteiger partial charge in [-0.3, -0.25) is 0 Å². The fraction of sp³-hybridized carbons (Fsp3) is 0.455. The average molecular weight is 324 g/mol. The van der Waals surface area contributed by atoms with Gasteiger partial charge in [-0.05, 0) is 91.6 Å². The molecule has 0 saturated carbocycles. The number of aliphatic hydroxyl groups is 1. The molecule has 0 bridgehead atoms. The Hall–Kier alpha value is -1.80. The minimum atomic E-state index is -0.966. The smallest absolute Gasteiger partial charge is 0.123 e. The zero-order valence-electron chi connectivity index (χ0n) is 15.8. The predicted molar refractivity (Wildman–Crippen MR) is 99.7 cm³/mol. The molecule has 0 spiro atoms. The summed E-state index contributed by atoms with van der Waals surface area (Å²) >= 11 is 0. The van der Waals surface area contributed by atoms with Crippen molar-refractivity contribution in [3.05, 3.63) is 52.1 Å². The lowest BCUT2D eigenvalue weighted by molar-refractivity contribution is 0.0359. The molecule has 2 aromatic carbocycles. The molecule has 24 heavy (non-hydrogen) atoms. The van der Waals surface area contributed by atoms with Crippen LogP contribution in [0.2, 0.25) is 0 Å². The van der Waals surface area contributed by atoms with Gasteiger partial charge in [0, 0.05) is 0 Å². The summed E-state index contributed by atoms with van der Waals surface area (Å²) in [6, 6.07) is 8.59. The number of aryl methyl sites for hydroxylation is 3. The number of hydrogen-bond donors (Lipinski definition) is 1. The molecule has 1 unspecified atom stereocenters. The van der Waals surface area contributed by atoms with Crippen LogP contribution in [0.3, 0.4) is 0 Å². The second-order valence-electron chi connectivity index (χ2n) is 7.73. The fourth-order valence-electron chi connectivity index (χ4n) is 3.73. The second kappa shape index (κ2) is 5.63. The maximum atomic E-state index is 11.7. The van der Waals surface area contributed by atoms with Gasteiger partial charge in [-0.15, -0.1) is 0 Å². The van der Waals surface area contributed by atoms with Crippen LogP contribution in [-0.4, -0.2) is 11.2 Å². The Kier molecular flexibility index (Phi) is 4.00. The topological polar surface area (TPSA) is 29.5 Å². The summed E-state index contributed by atoms with van der Waals surface area (Å²) in [4.78, 5) is 0. The maximum Gasteiger partial charge on any atom is 0.123 e. The van der Waals surface area contributed by atoms with Crippen molar-refractivity contribution in [2.45, 2.75) is 60.2 Å². The van der Waals surface area contributed by atoms with Crippen molar-refractivity contribution in [3.63, 3.8) is 0 Å². The highest BCUT2D eigenvalue weighted by atomic mass is 16.5. The van der Waals surface area contributed by atoms with E-state index in [1.165, 1.54) is 11.1 Å². The van der Waals surface area contributed by atoms with Crippen molar-refractivity contribution < 1.29 is 9.84 Å². The zero-order chi connectivity index (χ0) is 17.8. The quantitative estimate of drug-likeness (QED) is 0.833. The van der Waals surface area contributed by atoms with Gasteiger partial charge in [0.25, 0.3) is 0 Å². The molecule has 0 heterocycles. The largest absolute Gasteiger partial charge is 0.491 e. The van der Waals surface area contributed by atoms with Gasteiger partial charge in [-0.2, -0.15) is 0 Å². The number of fused-ring (bicyclic) bond motifs is 3. The predicted octanol–water partition coefficient (Wildman–Crippen LogP) is 5.27. The summed E-state index contributed by atoms with van der Waals surface area (Å²) in [5, 5.41) is 11.7. The lowest BCUT2D eigenvalue weighted by Gasteiger charge is -2.31. The zero-order valence-corrected chi connectivity index (χ0v) is 15.8. The van der Waals surface area contributed by atoms with Crippen LogP contribution in [0.5, 0.6) is 5.75 Å². The molecule has 0 fully saturated rings. The third-order valence-corrected chi connectivity index (χ3v) is 5.26. The second-order valence-corrected chi connectivity index (χ2v) is 7.73. The Balaban J connectivity index is 2.31. The molecule has 1 aliphatic rings. The summed E-state index contributed by atoms with van der Waals surface area (Å²) in [5.74, 6) is 0.943. The van der Waals surface area contributed by atoms with Crippen LogP contribution in [0.25, 0.3) is 11.1 Å².